The molecule has 2 saturated heterocycles. The van der Waals surface area contributed by atoms with E-state index >= 15 is 0 Å². The van der Waals surface area contributed by atoms with E-state index in [1.807, 2.05) is 0 Å². The first-order valence-electron chi connectivity index (χ1n) is 6.89. The van der Waals surface area contributed by atoms with Crippen molar-refractivity contribution in [2.24, 2.45) is 5.92 Å². The van der Waals surface area contributed by atoms with Crippen molar-refractivity contribution in [2.45, 2.75) is 44.3 Å². The maximum atomic E-state index is 5.88. The van der Waals surface area contributed by atoms with Crippen LogP contribution in [-0.2, 0) is 9.47 Å². The lowest BCUT2D eigenvalue weighted by Crippen LogP contribution is -2.39. The minimum absolute atomic E-state index is 0.543. The molecule has 92 valence electrons. The van der Waals surface area contributed by atoms with Crippen molar-refractivity contribution in [2.75, 3.05) is 32.8 Å². The molecule has 16 heavy (non-hydrogen) atoms. The second-order valence-corrected chi connectivity index (χ2v) is 5.45. The molecule has 0 bridgehead atoms. The van der Waals surface area contributed by atoms with Crippen LogP contribution in [0, 0.1) is 5.92 Å². The molecule has 3 aliphatic rings. The molecule has 1 saturated carbocycles. The van der Waals surface area contributed by atoms with Crippen molar-refractivity contribution < 1.29 is 9.47 Å². The smallest absolute Gasteiger partial charge is 0.0971 e. The van der Waals surface area contributed by atoms with Crippen LogP contribution in [0.25, 0.3) is 0 Å². The van der Waals surface area contributed by atoms with Crippen LogP contribution in [0.4, 0.5) is 0 Å². The van der Waals surface area contributed by atoms with Crippen LogP contribution >= 0.6 is 0 Å². The molecule has 3 fully saturated rings. The molecule has 3 heteroatoms. The predicted molar refractivity (Wildman–Crippen MR) is 62.5 cm³/mol. The quantitative estimate of drug-likeness (QED) is 0.683. The molecule has 0 amide bonds. The summed E-state index contributed by atoms with van der Waals surface area (Å²) in [5.41, 5.74) is 0. The molecule has 0 aromatic rings. The number of hydrogen-bond donors (Lipinski definition) is 0. The molecule has 0 unspecified atom stereocenters. The summed E-state index contributed by atoms with van der Waals surface area (Å²) in [4.78, 5) is 2.50. The van der Waals surface area contributed by atoms with E-state index in [9.17, 15) is 0 Å². The fourth-order valence-electron chi connectivity index (χ4n) is 3.22. The summed E-state index contributed by atoms with van der Waals surface area (Å²) in [5, 5.41) is 0. The van der Waals surface area contributed by atoms with E-state index in [4.69, 9.17) is 9.47 Å². The van der Waals surface area contributed by atoms with Gasteiger partial charge in [-0.25, -0.2) is 0 Å². The minimum Gasteiger partial charge on any atom is -0.379 e. The Balaban J connectivity index is 1.41. The van der Waals surface area contributed by atoms with E-state index in [0.29, 0.717) is 12.2 Å². The number of rotatable bonds is 3. The SMILES string of the molecule is C1CCC([C@H]2O[C@@H]2CN2CCOCC2)CC1. The first kappa shape index (κ1) is 11.0. The topological polar surface area (TPSA) is 25.0 Å². The standard InChI is InChI=1S/C13H23NO2/c1-2-4-11(5-3-1)13-12(16-13)10-14-6-8-15-9-7-14/h11-13H,1-10H2/t12-,13-/m1/s1. The highest BCUT2D eigenvalue weighted by atomic mass is 16.6. The second-order valence-electron chi connectivity index (χ2n) is 5.45. The highest BCUT2D eigenvalue weighted by molar-refractivity contribution is 4.93. The Morgan fingerprint density at radius 1 is 1.00 bits per heavy atom. The van der Waals surface area contributed by atoms with Gasteiger partial charge in [0.05, 0.1) is 25.4 Å². The fourth-order valence-corrected chi connectivity index (χ4v) is 3.22. The third kappa shape index (κ3) is 2.58. The van der Waals surface area contributed by atoms with Crippen LogP contribution < -0.4 is 0 Å². The van der Waals surface area contributed by atoms with Crippen LogP contribution in [0.15, 0.2) is 0 Å². The Morgan fingerprint density at radius 3 is 2.50 bits per heavy atom. The Kier molecular flexibility index (Phi) is 3.46. The average Bonchev–Trinajstić information content (AvgIpc) is 3.11. The number of hydrogen-bond acceptors (Lipinski definition) is 3. The normalized spacial score (nSPS) is 37.5. The molecule has 0 aromatic heterocycles. The summed E-state index contributed by atoms with van der Waals surface area (Å²) in [7, 11) is 0. The van der Waals surface area contributed by atoms with Gasteiger partial charge in [0.15, 0.2) is 0 Å². The van der Waals surface area contributed by atoms with E-state index in [-0.39, 0.29) is 0 Å². The maximum absolute atomic E-state index is 5.88. The van der Waals surface area contributed by atoms with Crippen LogP contribution in [-0.4, -0.2) is 50.0 Å². The van der Waals surface area contributed by atoms with Gasteiger partial charge >= 0.3 is 0 Å². The Hall–Kier alpha value is -0.120. The summed E-state index contributed by atoms with van der Waals surface area (Å²) in [6.07, 6.45) is 8.25. The maximum Gasteiger partial charge on any atom is 0.0971 e. The Morgan fingerprint density at radius 2 is 1.75 bits per heavy atom. The minimum atomic E-state index is 0.543. The predicted octanol–water partition coefficient (Wildman–Crippen LogP) is 1.67. The molecule has 3 nitrogen and oxygen atoms in total. The molecule has 1 aliphatic carbocycles. The van der Waals surface area contributed by atoms with E-state index < -0.39 is 0 Å². The van der Waals surface area contributed by atoms with E-state index in [0.717, 1.165) is 38.8 Å². The van der Waals surface area contributed by atoms with Gasteiger partial charge in [0, 0.05) is 19.6 Å². The van der Waals surface area contributed by atoms with Crippen LogP contribution in [0.1, 0.15) is 32.1 Å². The van der Waals surface area contributed by atoms with Crippen molar-refractivity contribution in [3.05, 3.63) is 0 Å². The number of nitrogens with zero attached hydrogens (tertiary/aromatic N) is 1. The molecule has 0 aromatic carbocycles. The molecule has 0 radical (unpaired) electrons. The zero-order valence-electron chi connectivity index (χ0n) is 10.1. The lowest BCUT2D eigenvalue weighted by molar-refractivity contribution is 0.0349. The third-order valence-electron chi connectivity index (χ3n) is 4.28. The molecule has 2 heterocycles. The summed E-state index contributed by atoms with van der Waals surface area (Å²) >= 11 is 0. The molecular formula is C13H23NO2. The van der Waals surface area contributed by atoms with Gasteiger partial charge < -0.3 is 9.47 Å². The highest BCUT2D eigenvalue weighted by Crippen LogP contribution is 2.38. The van der Waals surface area contributed by atoms with Crippen molar-refractivity contribution >= 4 is 0 Å². The second kappa shape index (κ2) is 5.03. The van der Waals surface area contributed by atoms with Crippen molar-refractivity contribution in [1.82, 2.24) is 4.90 Å². The van der Waals surface area contributed by atoms with E-state index in [2.05, 4.69) is 4.90 Å². The van der Waals surface area contributed by atoms with Crippen molar-refractivity contribution in [1.29, 1.82) is 0 Å². The molecule has 0 N–H and O–H groups in total. The van der Waals surface area contributed by atoms with Crippen LogP contribution in [0.3, 0.4) is 0 Å². The zero-order chi connectivity index (χ0) is 10.8. The van der Waals surface area contributed by atoms with E-state index in [1.54, 1.807) is 0 Å². The Labute approximate surface area is 98.1 Å². The monoisotopic (exact) mass is 225 g/mol. The number of morpholine rings is 1. The number of ether oxygens (including phenoxy) is 2. The summed E-state index contributed by atoms with van der Waals surface area (Å²) in [6.45, 7) is 5.14. The molecule has 2 atom stereocenters. The first-order chi connectivity index (χ1) is 7.93. The van der Waals surface area contributed by atoms with Gasteiger partial charge in [0.2, 0.25) is 0 Å². The first-order valence-corrected chi connectivity index (χ1v) is 6.89. The van der Waals surface area contributed by atoms with Crippen molar-refractivity contribution in [3.63, 3.8) is 0 Å². The molecule has 0 spiro atoms. The lowest BCUT2D eigenvalue weighted by Gasteiger charge is -2.26. The van der Waals surface area contributed by atoms with Gasteiger partial charge in [-0.3, -0.25) is 4.90 Å². The van der Waals surface area contributed by atoms with Crippen LogP contribution in [0.5, 0.6) is 0 Å². The molecule has 2 aliphatic heterocycles. The Bertz CT molecular complexity index is 222. The molecular weight excluding hydrogens is 202 g/mol. The third-order valence-corrected chi connectivity index (χ3v) is 4.28. The highest BCUT2D eigenvalue weighted by Gasteiger charge is 2.45. The van der Waals surface area contributed by atoms with Gasteiger partial charge in [-0.1, -0.05) is 19.3 Å². The average molecular weight is 225 g/mol. The van der Waals surface area contributed by atoms with Crippen LogP contribution in [0.2, 0.25) is 0 Å². The summed E-state index contributed by atoms with van der Waals surface area (Å²) < 4.78 is 11.2. The summed E-state index contributed by atoms with van der Waals surface area (Å²) in [5.74, 6) is 0.875. The van der Waals surface area contributed by atoms with Gasteiger partial charge in [0.1, 0.15) is 0 Å². The fraction of sp³-hybridized carbons (Fsp3) is 1.00. The van der Waals surface area contributed by atoms with Gasteiger partial charge in [-0.05, 0) is 18.8 Å². The van der Waals surface area contributed by atoms with Crippen molar-refractivity contribution in [3.8, 4) is 0 Å². The van der Waals surface area contributed by atoms with Gasteiger partial charge in [-0.2, -0.15) is 0 Å². The van der Waals surface area contributed by atoms with Gasteiger partial charge in [0.25, 0.3) is 0 Å². The molecule has 3 rings (SSSR count). The number of epoxide rings is 1. The zero-order valence-corrected chi connectivity index (χ0v) is 10.1. The lowest BCUT2D eigenvalue weighted by atomic mass is 9.86. The van der Waals surface area contributed by atoms with E-state index in [1.165, 1.54) is 32.1 Å². The summed E-state index contributed by atoms with van der Waals surface area (Å²) in [6, 6.07) is 0. The van der Waals surface area contributed by atoms with Gasteiger partial charge in [-0.15, -0.1) is 0 Å². The largest absolute Gasteiger partial charge is 0.379 e.